The second kappa shape index (κ2) is 4.70. The summed E-state index contributed by atoms with van der Waals surface area (Å²) < 4.78 is 0. The van der Waals surface area contributed by atoms with Gasteiger partial charge in [-0.1, -0.05) is 31.4 Å². The molecule has 2 amide bonds. The molecule has 4 nitrogen and oxygen atoms in total. The molecule has 1 aliphatic carbocycles. The Morgan fingerprint density at radius 2 is 1.48 bits per heavy atom. The zero-order valence-corrected chi connectivity index (χ0v) is 12.4. The summed E-state index contributed by atoms with van der Waals surface area (Å²) in [5.74, 6) is -0.584. The van der Waals surface area contributed by atoms with Crippen molar-refractivity contribution in [1.82, 2.24) is 4.90 Å². The van der Waals surface area contributed by atoms with Crippen LogP contribution in [0.1, 0.15) is 63.9 Å². The molecule has 1 aromatic carbocycles. The van der Waals surface area contributed by atoms with Crippen molar-refractivity contribution in [3.8, 4) is 6.07 Å². The van der Waals surface area contributed by atoms with E-state index in [9.17, 15) is 14.9 Å². The highest BCUT2D eigenvalue weighted by atomic mass is 16.2. The zero-order valence-electron chi connectivity index (χ0n) is 12.4. The predicted octanol–water partition coefficient (Wildman–Crippen LogP) is 3.13. The lowest BCUT2D eigenvalue weighted by molar-refractivity contribution is 0.0447. The molecular formula is C17H18N2O2. The van der Waals surface area contributed by atoms with E-state index in [0.29, 0.717) is 24.0 Å². The van der Waals surface area contributed by atoms with Crippen LogP contribution >= 0.6 is 0 Å². The summed E-state index contributed by atoms with van der Waals surface area (Å²) in [6.07, 6.45) is 4.02. The lowest BCUT2D eigenvalue weighted by Crippen LogP contribution is -2.52. The highest BCUT2D eigenvalue weighted by Gasteiger charge is 2.50. The fourth-order valence-corrected chi connectivity index (χ4v) is 3.59. The van der Waals surface area contributed by atoms with Crippen molar-refractivity contribution in [2.75, 3.05) is 0 Å². The number of nitrogens with zero attached hydrogens (tertiary/aromatic N) is 2. The van der Waals surface area contributed by atoms with Crippen molar-refractivity contribution in [2.24, 2.45) is 0 Å². The van der Waals surface area contributed by atoms with Gasteiger partial charge in [0.2, 0.25) is 0 Å². The molecule has 1 saturated carbocycles. The van der Waals surface area contributed by atoms with Crippen LogP contribution in [-0.4, -0.2) is 22.3 Å². The molecule has 2 aliphatic rings. The third-order valence-corrected chi connectivity index (χ3v) is 4.77. The highest BCUT2D eigenvalue weighted by molar-refractivity contribution is 6.23. The average molecular weight is 282 g/mol. The van der Waals surface area contributed by atoms with Crippen molar-refractivity contribution in [1.29, 1.82) is 5.26 Å². The van der Waals surface area contributed by atoms with Gasteiger partial charge >= 0.3 is 0 Å². The minimum atomic E-state index is -0.954. The standard InChI is InChI=1S/C17H18N2O2/c1-11-6-7-12(2)14-13(11)15(20)19(16(14)21)17(10-18)8-4-3-5-9-17/h6-7H,3-5,8-9H2,1-2H3. The summed E-state index contributed by atoms with van der Waals surface area (Å²) >= 11 is 0. The van der Waals surface area contributed by atoms with Gasteiger partial charge in [-0.3, -0.25) is 14.5 Å². The summed E-state index contributed by atoms with van der Waals surface area (Å²) in [5, 5.41) is 9.66. The van der Waals surface area contributed by atoms with Crippen LogP contribution in [0.3, 0.4) is 0 Å². The number of carbonyl (C=O) groups is 2. The quantitative estimate of drug-likeness (QED) is 0.743. The predicted molar refractivity (Wildman–Crippen MR) is 77.8 cm³/mol. The third-order valence-electron chi connectivity index (χ3n) is 4.77. The summed E-state index contributed by atoms with van der Waals surface area (Å²) in [6.45, 7) is 3.68. The van der Waals surface area contributed by atoms with E-state index in [1.807, 2.05) is 26.0 Å². The number of aryl methyl sites for hydroxylation is 2. The van der Waals surface area contributed by atoms with Gasteiger partial charge in [-0.15, -0.1) is 0 Å². The van der Waals surface area contributed by atoms with Gasteiger partial charge in [-0.25, -0.2) is 0 Å². The summed E-state index contributed by atoms with van der Waals surface area (Å²) in [4.78, 5) is 26.8. The van der Waals surface area contributed by atoms with E-state index < -0.39 is 5.54 Å². The van der Waals surface area contributed by atoms with Gasteiger partial charge in [-0.2, -0.15) is 5.26 Å². The Balaban J connectivity index is 2.14. The Bertz CT molecular complexity index is 638. The molecule has 1 aromatic rings. The lowest BCUT2D eigenvalue weighted by Gasteiger charge is -2.37. The van der Waals surface area contributed by atoms with Gasteiger partial charge in [-0.05, 0) is 37.8 Å². The van der Waals surface area contributed by atoms with Gasteiger partial charge in [0.25, 0.3) is 11.8 Å². The minimum absolute atomic E-state index is 0.292. The van der Waals surface area contributed by atoms with Crippen molar-refractivity contribution in [2.45, 2.75) is 51.5 Å². The number of benzene rings is 1. The largest absolute Gasteiger partial charge is 0.269 e. The fourth-order valence-electron chi connectivity index (χ4n) is 3.59. The average Bonchev–Trinajstić information content (AvgIpc) is 2.77. The highest BCUT2D eigenvalue weighted by Crippen LogP contribution is 2.40. The van der Waals surface area contributed by atoms with Crippen molar-refractivity contribution < 1.29 is 9.59 Å². The van der Waals surface area contributed by atoms with Crippen molar-refractivity contribution >= 4 is 11.8 Å². The summed E-state index contributed by atoms with van der Waals surface area (Å²) in [7, 11) is 0. The van der Waals surface area contributed by atoms with Crippen LogP contribution in [0, 0.1) is 25.2 Å². The van der Waals surface area contributed by atoms with Crippen LogP contribution in [-0.2, 0) is 0 Å². The molecule has 0 spiro atoms. The molecule has 1 aliphatic heterocycles. The first-order valence-electron chi connectivity index (χ1n) is 7.42. The maximum Gasteiger partial charge on any atom is 0.263 e. The summed E-state index contributed by atoms with van der Waals surface area (Å²) in [6, 6.07) is 6.01. The third kappa shape index (κ3) is 1.80. The number of hydrogen-bond acceptors (Lipinski definition) is 3. The van der Waals surface area contributed by atoms with Crippen LogP contribution in [0.15, 0.2) is 12.1 Å². The number of fused-ring (bicyclic) bond motifs is 1. The molecule has 0 aromatic heterocycles. The van der Waals surface area contributed by atoms with Gasteiger partial charge in [0.15, 0.2) is 0 Å². The number of rotatable bonds is 1. The van der Waals surface area contributed by atoms with Crippen LogP contribution < -0.4 is 0 Å². The van der Waals surface area contributed by atoms with Crippen molar-refractivity contribution in [3.05, 3.63) is 34.4 Å². The van der Waals surface area contributed by atoms with Gasteiger partial charge in [0.05, 0.1) is 17.2 Å². The van der Waals surface area contributed by atoms with Gasteiger partial charge in [0.1, 0.15) is 5.54 Å². The molecular weight excluding hydrogens is 264 g/mol. The Kier molecular flexibility index (Phi) is 3.09. The molecule has 1 heterocycles. The second-order valence-electron chi connectivity index (χ2n) is 6.10. The van der Waals surface area contributed by atoms with Gasteiger partial charge < -0.3 is 0 Å². The first-order chi connectivity index (χ1) is 10.0. The van der Waals surface area contributed by atoms with Crippen LogP contribution in [0.5, 0.6) is 0 Å². The van der Waals surface area contributed by atoms with E-state index >= 15 is 0 Å². The molecule has 21 heavy (non-hydrogen) atoms. The Labute approximate surface area is 124 Å². The molecule has 4 heteroatoms. The zero-order chi connectivity index (χ0) is 15.2. The van der Waals surface area contributed by atoms with E-state index in [4.69, 9.17) is 0 Å². The first kappa shape index (κ1) is 13.8. The van der Waals surface area contributed by atoms with E-state index in [2.05, 4.69) is 6.07 Å². The van der Waals surface area contributed by atoms with Gasteiger partial charge in [0, 0.05) is 0 Å². The van der Waals surface area contributed by atoms with Crippen LogP contribution in [0.4, 0.5) is 0 Å². The van der Waals surface area contributed by atoms with Crippen molar-refractivity contribution in [3.63, 3.8) is 0 Å². The molecule has 0 radical (unpaired) electrons. The summed E-state index contributed by atoms with van der Waals surface area (Å²) in [5.41, 5.74) is 1.63. The Hall–Kier alpha value is -2.15. The first-order valence-corrected chi connectivity index (χ1v) is 7.42. The molecule has 0 saturated heterocycles. The molecule has 0 unspecified atom stereocenters. The van der Waals surface area contributed by atoms with E-state index in [-0.39, 0.29) is 11.8 Å². The number of nitriles is 1. The van der Waals surface area contributed by atoms with E-state index in [1.54, 1.807) is 0 Å². The number of carbonyl (C=O) groups excluding carboxylic acids is 2. The molecule has 0 bridgehead atoms. The van der Waals surface area contributed by atoms with E-state index in [1.165, 1.54) is 4.90 Å². The molecule has 108 valence electrons. The topological polar surface area (TPSA) is 61.2 Å². The lowest BCUT2D eigenvalue weighted by atomic mass is 9.81. The smallest absolute Gasteiger partial charge is 0.263 e. The molecule has 0 N–H and O–H groups in total. The number of amides is 2. The maximum absolute atomic E-state index is 12.8. The van der Waals surface area contributed by atoms with Crippen LogP contribution in [0.25, 0.3) is 0 Å². The number of hydrogen-bond donors (Lipinski definition) is 0. The monoisotopic (exact) mass is 282 g/mol. The normalized spacial score (nSPS) is 20.3. The maximum atomic E-state index is 12.8. The minimum Gasteiger partial charge on any atom is -0.269 e. The second-order valence-corrected chi connectivity index (χ2v) is 6.10. The van der Waals surface area contributed by atoms with Crippen LogP contribution in [0.2, 0.25) is 0 Å². The fraction of sp³-hybridized carbons (Fsp3) is 0.471. The Morgan fingerprint density at radius 1 is 1.00 bits per heavy atom. The molecule has 3 rings (SSSR count). The molecule has 1 fully saturated rings. The number of imide groups is 1. The Morgan fingerprint density at radius 3 is 1.90 bits per heavy atom. The SMILES string of the molecule is Cc1ccc(C)c2c1C(=O)N(C1(C#N)CCCCC1)C2=O. The molecule has 0 atom stereocenters. The van der Waals surface area contributed by atoms with E-state index in [0.717, 1.165) is 30.4 Å².